The van der Waals surface area contributed by atoms with Crippen molar-refractivity contribution in [3.63, 3.8) is 0 Å². The Bertz CT molecular complexity index is 1490. The molecule has 0 saturated carbocycles. The number of amides is 1. The Morgan fingerprint density at radius 1 is 0.949 bits per heavy atom. The molecule has 11 heteroatoms. The van der Waals surface area contributed by atoms with Gasteiger partial charge in [0.2, 0.25) is 18.4 Å². The zero-order valence-electron chi connectivity index (χ0n) is 21.2. The van der Waals surface area contributed by atoms with Gasteiger partial charge >= 0.3 is 0 Å². The minimum absolute atomic E-state index is 0.0979. The van der Waals surface area contributed by atoms with Crippen LogP contribution >= 0.6 is 23.2 Å². The molecule has 202 valence electrons. The summed E-state index contributed by atoms with van der Waals surface area (Å²) in [6, 6.07) is 12.5. The number of nitrogens with one attached hydrogen (secondary N) is 1. The van der Waals surface area contributed by atoms with Crippen LogP contribution < -0.4 is 29.0 Å². The minimum Gasteiger partial charge on any atom is -0.493 e. The summed E-state index contributed by atoms with van der Waals surface area (Å²) in [5.74, 6) is 0.389. The molecule has 2 aliphatic heterocycles. The molecule has 0 aromatic heterocycles. The molecule has 0 saturated heterocycles. The van der Waals surface area contributed by atoms with Crippen LogP contribution in [0.2, 0.25) is 10.0 Å². The number of rotatable bonds is 6. The van der Waals surface area contributed by atoms with E-state index in [0.29, 0.717) is 55.8 Å². The highest BCUT2D eigenvalue weighted by molar-refractivity contribution is 6.33. The van der Waals surface area contributed by atoms with Crippen molar-refractivity contribution < 1.29 is 33.3 Å². The van der Waals surface area contributed by atoms with Gasteiger partial charge in [-0.3, -0.25) is 4.79 Å². The fraction of sp³-hybridized carbons (Fsp3) is 0.286. The minimum atomic E-state index is -0.671. The smallest absolute Gasteiger partial charge is 0.231 e. The number of oxime groups is 1. The summed E-state index contributed by atoms with van der Waals surface area (Å²) in [6.07, 6.45) is 0. The van der Waals surface area contributed by atoms with Gasteiger partial charge in [0.05, 0.1) is 43.9 Å². The Morgan fingerprint density at radius 3 is 2.36 bits per heavy atom. The van der Waals surface area contributed by atoms with Crippen molar-refractivity contribution in [3.8, 4) is 28.7 Å². The molecule has 2 heterocycles. The van der Waals surface area contributed by atoms with Gasteiger partial charge in [-0.2, -0.15) is 0 Å². The van der Waals surface area contributed by atoms with Crippen LogP contribution in [0.4, 0.5) is 5.69 Å². The number of hydrogen-bond acceptors (Lipinski definition) is 8. The second-order valence-electron chi connectivity index (χ2n) is 9.22. The molecule has 1 N–H and O–H groups in total. The maximum absolute atomic E-state index is 14.1. The second kappa shape index (κ2) is 10.1. The molecule has 39 heavy (non-hydrogen) atoms. The molecule has 1 amide bonds. The van der Waals surface area contributed by atoms with Crippen LogP contribution in [0.5, 0.6) is 28.7 Å². The highest BCUT2D eigenvalue weighted by atomic mass is 35.5. The lowest BCUT2D eigenvalue weighted by Crippen LogP contribution is -2.42. The summed E-state index contributed by atoms with van der Waals surface area (Å²) >= 11 is 13.1. The fourth-order valence-corrected chi connectivity index (χ4v) is 6.00. The number of hydrogen-bond donors (Lipinski definition) is 1. The maximum Gasteiger partial charge on any atom is 0.231 e. The lowest BCUT2D eigenvalue weighted by Gasteiger charge is -2.37. The standard InChI is InChI=1S/C28H24Cl2N2O7/c1-34-21-10-17(24(30)27(36-3)26(21)35-2)22-15-8-19-20(38-12-37-19)9-16(15)25-18(11-39-32-25)23(22)28(33)31-14-6-4-13(29)5-7-14/h4-10,18,22-23H,11-12H2,1-3H3,(H,31,33)/t18-,22-,23-/m0/s1. The Morgan fingerprint density at radius 2 is 1.67 bits per heavy atom. The largest absolute Gasteiger partial charge is 0.493 e. The van der Waals surface area contributed by atoms with Crippen molar-refractivity contribution in [1.29, 1.82) is 0 Å². The van der Waals surface area contributed by atoms with E-state index in [4.69, 9.17) is 51.7 Å². The monoisotopic (exact) mass is 570 g/mol. The van der Waals surface area contributed by atoms with Gasteiger partial charge in [-0.1, -0.05) is 28.4 Å². The van der Waals surface area contributed by atoms with Gasteiger partial charge in [-0.15, -0.1) is 0 Å². The summed E-state index contributed by atoms with van der Waals surface area (Å²) in [5.41, 5.74) is 3.47. The number of carbonyl (C=O) groups is 1. The van der Waals surface area contributed by atoms with Crippen LogP contribution in [-0.4, -0.2) is 46.3 Å². The van der Waals surface area contributed by atoms with Crippen LogP contribution in [-0.2, 0) is 9.63 Å². The Kier molecular flexibility index (Phi) is 6.56. The molecular weight excluding hydrogens is 547 g/mol. The summed E-state index contributed by atoms with van der Waals surface area (Å²) in [6.45, 7) is 0.321. The van der Waals surface area contributed by atoms with Crippen molar-refractivity contribution in [1.82, 2.24) is 0 Å². The van der Waals surface area contributed by atoms with Gasteiger partial charge in [-0.25, -0.2) is 0 Å². The van der Waals surface area contributed by atoms with E-state index in [1.54, 1.807) is 30.3 Å². The lowest BCUT2D eigenvalue weighted by atomic mass is 9.65. The molecule has 0 radical (unpaired) electrons. The number of anilines is 1. The Hall–Kier alpha value is -3.82. The third-order valence-electron chi connectivity index (χ3n) is 7.26. The average Bonchev–Trinajstić information content (AvgIpc) is 3.61. The normalized spacial score (nSPS) is 20.3. The van der Waals surface area contributed by atoms with Gasteiger partial charge in [0, 0.05) is 22.2 Å². The quantitative estimate of drug-likeness (QED) is 0.418. The maximum atomic E-state index is 14.1. The molecule has 0 bridgehead atoms. The predicted octanol–water partition coefficient (Wildman–Crippen LogP) is 5.50. The van der Waals surface area contributed by atoms with E-state index in [-0.39, 0.29) is 25.2 Å². The van der Waals surface area contributed by atoms with Crippen LogP contribution in [0.3, 0.4) is 0 Å². The second-order valence-corrected chi connectivity index (χ2v) is 10.0. The van der Waals surface area contributed by atoms with E-state index in [0.717, 1.165) is 11.1 Å². The molecule has 6 rings (SSSR count). The van der Waals surface area contributed by atoms with Crippen molar-refractivity contribution in [2.24, 2.45) is 17.0 Å². The van der Waals surface area contributed by atoms with Crippen molar-refractivity contribution >= 4 is 40.5 Å². The molecule has 0 fully saturated rings. The summed E-state index contributed by atoms with van der Waals surface area (Å²) < 4.78 is 28.2. The highest BCUT2D eigenvalue weighted by Gasteiger charge is 2.50. The number of benzene rings is 3. The topological polar surface area (TPSA) is 96.8 Å². The molecule has 1 aliphatic carbocycles. The summed E-state index contributed by atoms with van der Waals surface area (Å²) in [5, 5.41) is 8.25. The third-order valence-corrected chi connectivity index (χ3v) is 7.91. The van der Waals surface area contributed by atoms with Gasteiger partial charge in [0.25, 0.3) is 0 Å². The van der Waals surface area contributed by atoms with E-state index in [2.05, 4.69) is 10.5 Å². The first-order valence-electron chi connectivity index (χ1n) is 12.1. The van der Waals surface area contributed by atoms with Gasteiger partial charge in [0.1, 0.15) is 6.61 Å². The van der Waals surface area contributed by atoms with E-state index >= 15 is 0 Å². The molecule has 0 spiro atoms. The molecule has 3 aromatic rings. The van der Waals surface area contributed by atoms with Crippen LogP contribution in [0.25, 0.3) is 0 Å². The van der Waals surface area contributed by atoms with E-state index in [9.17, 15) is 4.79 Å². The number of halogens is 2. The fourth-order valence-electron chi connectivity index (χ4n) is 5.54. The first kappa shape index (κ1) is 25.5. The molecule has 0 unspecified atom stereocenters. The summed E-state index contributed by atoms with van der Waals surface area (Å²) in [7, 11) is 4.54. The lowest BCUT2D eigenvalue weighted by molar-refractivity contribution is -0.121. The number of ether oxygens (including phenoxy) is 5. The molecule has 3 aliphatic rings. The van der Waals surface area contributed by atoms with Gasteiger partial charge < -0.3 is 33.8 Å². The number of carbonyl (C=O) groups excluding carboxylic acids is 1. The number of fused-ring (bicyclic) bond motifs is 4. The zero-order chi connectivity index (χ0) is 27.3. The van der Waals surface area contributed by atoms with Gasteiger partial charge in [0.15, 0.2) is 23.0 Å². The van der Waals surface area contributed by atoms with Crippen molar-refractivity contribution in [2.75, 3.05) is 40.0 Å². The van der Waals surface area contributed by atoms with Crippen LogP contribution in [0.1, 0.15) is 22.6 Å². The molecule has 9 nitrogen and oxygen atoms in total. The van der Waals surface area contributed by atoms with Crippen molar-refractivity contribution in [2.45, 2.75) is 5.92 Å². The van der Waals surface area contributed by atoms with Crippen molar-refractivity contribution in [3.05, 3.63) is 69.2 Å². The Balaban J connectivity index is 1.57. The van der Waals surface area contributed by atoms with E-state index in [1.165, 1.54) is 21.3 Å². The molecule has 3 aromatic carbocycles. The predicted molar refractivity (Wildman–Crippen MR) is 145 cm³/mol. The average molecular weight is 571 g/mol. The number of nitrogens with zero attached hydrogens (tertiary/aromatic N) is 1. The molecule has 3 atom stereocenters. The zero-order valence-corrected chi connectivity index (χ0v) is 22.8. The third kappa shape index (κ3) is 4.17. The highest BCUT2D eigenvalue weighted by Crippen LogP contribution is 2.55. The van der Waals surface area contributed by atoms with Crippen LogP contribution in [0, 0.1) is 11.8 Å². The Labute approximate surface area is 234 Å². The van der Waals surface area contributed by atoms with Crippen LogP contribution in [0.15, 0.2) is 47.6 Å². The van der Waals surface area contributed by atoms with E-state index in [1.807, 2.05) is 12.1 Å². The SMILES string of the molecule is COc1cc([C@@H]2c3cc4c(cc3C3=NOC[C@H]3[C@@H]2C(=O)Nc2ccc(Cl)cc2)OCO4)c(Cl)c(OC)c1OC. The number of methoxy groups -OCH3 is 3. The first-order chi connectivity index (χ1) is 18.9. The van der Waals surface area contributed by atoms with Gasteiger partial charge in [-0.05, 0) is 53.6 Å². The summed E-state index contributed by atoms with van der Waals surface area (Å²) in [4.78, 5) is 19.7. The van der Waals surface area contributed by atoms with E-state index < -0.39 is 11.8 Å². The first-order valence-corrected chi connectivity index (χ1v) is 12.9. The molecular formula is C28H24Cl2N2O7.